The van der Waals surface area contributed by atoms with E-state index >= 15 is 0 Å². The minimum Gasteiger partial charge on any atom is -0.497 e. The van der Waals surface area contributed by atoms with Gasteiger partial charge in [-0.1, -0.05) is 30.3 Å². The minimum absolute atomic E-state index is 0.289. The Hall–Kier alpha value is -4.46. The van der Waals surface area contributed by atoms with Crippen molar-refractivity contribution in [3.8, 4) is 11.5 Å². The molecule has 3 aromatic carbocycles. The Morgan fingerprint density at radius 3 is 1.56 bits per heavy atom. The molecule has 0 aliphatic carbocycles. The van der Waals surface area contributed by atoms with E-state index in [2.05, 4.69) is 21.1 Å². The first-order valence-corrected chi connectivity index (χ1v) is 9.64. The predicted molar refractivity (Wildman–Crippen MR) is 123 cm³/mol. The van der Waals surface area contributed by atoms with Gasteiger partial charge in [-0.25, -0.2) is 10.9 Å². The highest BCUT2D eigenvalue weighted by atomic mass is 16.5. The zero-order chi connectivity index (χ0) is 22.8. The third-order valence-electron chi connectivity index (χ3n) is 4.33. The third kappa shape index (κ3) is 6.27. The summed E-state index contributed by atoms with van der Waals surface area (Å²) in [5.41, 5.74) is 7.00. The lowest BCUT2D eigenvalue weighted by atomic mass is 10.1. The fraction of sp³-hybridized carbons (Fsp3) is 0.0833. The van der Waals surface area contributed by atoms with Crippen LogP contribution in [-0.4, -0.2) is 38.5 Å². The summed E-state index contributed by atoms with van der Waals surface area (Å²) in [6.07, 6.45) is 3.01. The standard InChI is InChI=1S/C24H22N4O4/c1-31-21-10-3-6-17(12-21)15-25-27-23(29)19-8-5-9-20(14-19)24(30)28-26-16-18-7-4-11-22(13-18)32-2/h3-16H,1-2H3,(H,27,29)(H,28,30)/b25-15-,26-16-. The third-order valence-corrected chi connectivity index (χ3v) is 4.33. The van der Waals surface area contributed by atoms with Crippen LogP contribution in [0.15, 0.2) is 83.0 Å². The van der Waals surface area contributed by atoms with Gasteiger partial charge in [0, 0.05) is 11.1 Å². The molecule has 32 heavy (non-hydrogen) atoms. The van der Waals surface area contributed by atoms with Crippen LogP contribution < -0.4 is 20.3 Å². The van der Waals surface area contributed by atoms with E-state index in [0.717, 1.165) is 11.1 Å². The van der Waals surface area contributed by atoms with Crippen LogP contribution in [0.25, 0.3) is 0 Å². The molecule has 0 fully saturated rings. The molecule has 8 nitrogen and oxygen atoms in total. The van der Waals surface area contributed by atoms with Crippen molar-refractivity contribution >= 4 is 24.2 Å². The van der Waals surface area contributed by atoms with Gasteiger partial charge in [0.2, 0.25) is 0 Å². The Morgan fingerprint density at radius 2 is 1.12 bits per heavy atom. The van der Waals surface area contributed by atoms with Gasteiger partial charge in [0.05, 0.1) is 26.6 Å². The molecule has 0 radical (unpaired) electrons. The lowest BCUT2D eigenvalue weighted by molar-refractivity contribution is 0.0954. The summed E-state index contributed by atoms with van der Waals surface area (Å²) in [6.45, 7) is 0. The minimum atomic E-state index is -0.446. The van der Waals surface area contributed by atoms with Crippen molar-refractivity contribution in [1.82, 2.24) is 10.9 Å². The van der Waals surface area contributed by atoms with Gasteiger partial charge in [0.25, 0.3) is 11.8 Å². The van der Waals surface area contributed by atoms with Crippen LogP contribution in [0.4, 0.5) is 0 Å². The highest BCUT2D eigenvalue weighted by Gasteiger charge is 2.09. The Labute approximate surface area is 185 Å². The Kier molecular flexibility index (Phi) is 7.69. The van der Waals surface area contributed by atoms with Crippen LogP contribution in [0.5, 0.6) is 11.5 Å². The van der Waals surface area contributed by atoms with Gasteiger partial charge in [-0.05, 0) is 53.6 Å². The molecule has 0 saturated heterocycles. The summed E-state index contributed by atoms with van der Waals surface area (Å²) in [7, 11) is 3.15. The number of rotatable bonds is 8. The molecule has 0 bridgehead atoms. The van der Waals surface area contributed by atoms with Crippen LogP contribution in [0.3, 0.4) is 0 Å². The van der Waals surface area contributed by atoms with Gasteiger partial charge in [0.15, 0.2) is 0 Å². The predicted octanol–water partition coefficient (Wildman–Crippen LogP) is 3.23. The number of benzene rings is 3. The molecule has 8 heteroatoms. The van der Waals surface area contributed by atoms with Crippen LogP contribution in [0, 0.1) is 0 Å². The van der Waals surface area contributed by atoms with Crippen molar-refractivity contribution in [2.24, 2.45) is 10.2 Å². The second-order valence-corrected chi connectivity index (χ2v) is 6.53. The van der Waals surface area contributed by atoms with E-state index in [4.69, 9.17) is 9.47 Å². The van der Waals surface area contributed by atoms with Crippen LogP contribution in [0.2, 0.25) is 0 Å². The van der Waals surface area contributed by atoms with Crippen LogP contribution in [-0.2, 0) is 0 Å². The second-order valence-electron chi connectivity index (χ2n) is 6.53. The van der Waals surface area contributed by atoms with Gasteiger partial charge in [0.1, 0.15) is 11.5 Å². The molecule has 0 aliphatic heterocycles. The van der Waals surface area contributed by atoms with E-state index < -0.39 is 11.8 Å². The number of methoxy groups -OCH3 is 2. The highest BCUT2D eigenvalue weighted by molar-refractivity contribution is 6.00. The average molecular weight is 430 g/mol. The highest BCUT2D eigenvalue weighted by Crippen LogP contribution is 2.12. The zero-order valence-corrected chi connectivity index (χ0v) is 17.6. The van der Waals surface area contributed by atoms with Crippen LogP contribution in [0.1, 0.15) is 31.8 Å². The lowest BCUT2D eigenvalue weighted by Gasteiger charge is -2.04. The van der Waals surface area contributed by atoms with Gasteiger partial charge in [-0.2, -0.15) is 10.2 Å². The van der Waals surface area contributed by atoms with Crippen LogP contribution >= 0.6 is 0 Å². The van der Waals surface area contributed by atoms with Crippen molar-refractivity contribution < 1.29 is 19.1 Å². The van der Waals surface area contributed by atoms with E-state index in [1.165, 1.54) is 18.5 Å². The summed E-state index contributed by atoms with van der Waals surface area (Å²) in [5.74, 6) is 0.485. The Bertz CT molecular complexity index is 1070. The van der Waals surface area contributed by atoms with Crippen molar-refractivity contribution in [2.75, 3.05) is 14.2 Å². The lowest BCUT2D eigenvalue weighted by Crippen LogP contribution is -2.20. The normalized spacial score (nSPS) is 10.8. The summed E-state index contributed by atoms with van der Waals surface area (Å²) >= 11 is 0. The summed E-state index contributed by atoms with van der Waals surface area (Å²) in [4.78, 5) is 24.7. The maximum Gasteiger partial charge on any atom is 0.271 e. The summed E-state index contributed by atoms with van der Waals surface area (Å²) < 4.78 is 10.3. The first-order valence-electron chi connectivity index (χ1n) is 9.64. The van der Waals surface area contributed by atoms with E-state index in [-0.39, 0.29) is 11.1 Å². The molecule has 0 heterocycles. The van der Waals surface area contributed by atoms with E-state index in [1.54, 1.807) is 44.6 Å². The Morgan fingerprint density at radius 1 is 0.688 bits per heavy atom. The molecule has 0 saturated carbocycles. The SMILES string of the molecule is COc1cccc(/C=N\NC(=O)c2cccc(C(=O)N/N=C\c3cccc(OC)c3)c2)c1. The fourth-order valence-electron chi connectivity index (χ4n) is 2.71. The second kappa shape index (κ2) is 11.1. The molecule has 0 unspecified atom stereocenters. The number of nitrogens with one attached hydrogen (secondary N) is 2. The molecular weight excluding hydrogens is 408 g/mol. The molecule has 3 aromatic rings. The number of carbonyl (C=O) groups is 2. The van der Waals surface area contributed by atoms with Gasteiger partial charge >= 0.3 is 0 Å². The topological polar surface area (TPSA) is 101 Å². The number of nitrogens with zero attached hydrogens (tertiary/aromatic N) is 2. The first-order chi connectivity index (χ1) is 15.6. The Balaban J connectivity index is 1.59. The summed E-state index contributed by atoms with van der Waals surface area (Å²) in [5, 5.41) is 7.90. The number of amides is 2. The maximum absolute atomic E-state index is 12.4. The van der Waals surface area contributed by atoms with Crippen molar-refractivity contribution in [2.45, 2.75) is 0 Å². The molecule has 0 aliphatic rings. The monoisotopic (exact) mass is 430 g/mol. The zero-order valence-electron chi connectivity index (χ0n) is 17.6. The molecule has 162 valence electrons. The van der Waals surface area contributed by atoms with E-state index in [0.29, 0.717) is 11.5 Å². The van der Waals surface area contributed by atoms with E-state index in [9.17, 15) is 9.59 Å². The molecule has 2 N–H and O–H groups in total. The van der Waals surface area contributed by atoms with E-state index in [1.807, 2.05) is 36.4 Å². The van der Waals surface area contributed by atoms with Gasteiger partial charge in [-0.3, -0.25) is 9.59 Å². The van der Waals surface area contributed by atoms with Gasteiger partial charge in [-0.15, -0.1) is 0 Å². The quantitative estimate of drug-likeness (QED) is 0.423. The molecule has 2 amide bonds. The van der Waals surface area contributed by atoms with Crippen molar-refractivity contribution in [3.63, 3.8) is 0 Å². The molecule has 0 aromatic heterocycles. The van der Waals surface area contributed by atoms with Crippen molar-refractivity contribution in [1.29, 1.82) is 0 Å². The number of hydrogen-bond acceptors (Lipinski definition) is 6. The average Bonchev–Trinajstić information content (AvgIpc) is 2.84. The number of ether oxygens (including phenoxy) is 2. The van der Waals surface area contributed by atoms with Gasteiger partial charge < -0.3 is 9.47 Å². The van der Waals surface area contributed by atoms with Crippen molar-refractivity contribution in [3.05, 3.63) is 95.1 Å². The smallest absolute Gasteiger partial charge is 0.271 e. The fourth-order valence-corrected chi connectivity index (χ4v) is 2.71. The maximum atomic E-state index is 12.4. The number of carbonyl (C=O) groups excluding carboxylic acids is 2. The first kappa shape index (κ1) is 22.2. The molecule has 0 atom stereocenters. The summed E-state index contributed by atoms with van der Waals surface area (Å²) in [6, 6.07) is 20.7. The molecular formula is C24H22N4O4. The number of hydrogen-bond donors (Lipinski definition) is 2. The largest absolute Gasteiger partial charge is 0.497 e. The molecule has 0 spiro atoms. The molecule has 3 rings (SSSR count). The number of hydrazone groups is 2.